The van der Waals surface area contributed by atoms with Gasteiger partial charge in [-0.1, -0.05) is 6.07 Å². The third-order valence-corrected chi connectivity index (χ3v) is 2.62. The van der Waals surface area contributed by atoms with Crippen LogP contribution >= 0.6 is 31.9 Å². The summed E-state index contributed by atoms with van der Waals surface area (Å²) in [5.41, 5.74) is 1.13. The van der Waals surface area contributed by atoms with Crippen LogP contribution in [-0.2, 0) is 6.42 Å². The van der Waals surface area contributed by atoms with Crippen molar-refractivity contribution in [1.29, 1.82) is 0 Å². The lowest BCUT2D eigenvalue weighted by molar-refractivity contribution is 0.288. The van der Waals surface area contributed by atoms with Crippen molar-refractivity contribution in [3.05, 3.63) is 26.9 Å². The molecule has 4 heteroatoms. The molecule has 0 unspecified atom stereocenters. The van der Waals surface area contributed by atoms with Crippen LogP contribution in [0.5, 0.6) is 0 Å². The molecule has 1 heterocycles. The number of aromatic nitrogens is 1. The second-order valence-electron chi connectivity index (χ2n) is 2.41. The molecule has 0 aliphatic heterocycles. The molecule has 66 valence electrons. The van der Waals surface area contributed by atoms with Crippen LogP contribution in [0.4, 0.5) is 0 Å². The molecule has 12 heavy (non-hydrogen) atoms. The average molecular weight is 295 g/mol. The van der Waals surface area contributed by atoms with E-state index in [0.29, 0.717) is 0 Å². The molecule has 0 aromatic carbocycles. The van der Waals surface area contributed by atoms with E-state index in [4.69, 9.17) is 5.11 Å². The highest BCUT2D eigenvalue weighted by atomic mass is 79.9. The summed E-state index contributed by atoms with van der Waals surface area (Å²) in [6.07, 6.45) is 1.64. The molecule has 1 N–H and O–H groups in total. The largest absolute Gasteiger partial charge is 0.396 e. The quantitative estimate of drug-likeness (QED) is 0.869. The summed E-state index contributed by atoms with van der Waals surface area (Å²) in [7, 11) is 0. The Kier molecular flexibility index (Phi) is 4.18. The Morgan fingerprint density at radius 1 is 1.33 bits per heavy atom. The third-order valence-electron chi connectivity index (χ3n) is 1.50. The summed E-state index contributed by atoms with van der Waals surface area (Å²) < 4.78 is 1.67. The first-order valence-corrected chi connectivity index (χ1v) is 5.24. The van der Waals surface area contributed by atoms with Gasteiger partial charge >= 0.3 is 0 Å². The summed E-state index contributed by atoms with van der Waals surface area (Å²) >= 11 is 6.63. The highest BCUT2D eigenvalue weighted by Gasteiger charge is 2.00. The average Bonchev–Trinajstić information content (AvgIpc) is 2.03. The standard InChI is InChI=1S/C8H9Br2NO/c9-7-4-3-6(2-1-5-12)8(10)11-7/h3-4,12H,1-2,5H2. The monoisotopic (exact) mass is 293 g/mol. The van der Waals surface area contributed by atoms with Gasteiger partial charge in [0.2, 0.25) is 0 Å². The van der Waals surface area contributed by atoms with Gasteiger partial charge in [-0.05, 0) is 56.3 Å². The van der Waals surface area contributed by atoms with Crippen molar-refractivity contribution >= 4 is 31.9 Å². The normalized spacial score (nSPS) is 10.2. The van der Waals surface area contributed by atoms with Crippen LogP contribution in [0.2, 0.25) is 0 Å². The van der Waals surface area contributed by atoms with Gasteiger partial charge in [-0.2, -0.15) is 0 Å². The van der Waals surface area contributed by atoms with E-state index in [1.165, 1.54) is 0 Å². The number of rotatable bonds is 3. The van der Waals surface area contributed by atoms with Crippen LogP contribution in [0.1, 0.15) is 12.0 Å². The van der Waals surface area contributed by atoms with Crippen LogP contribution in [0.3, 0.4) is 0 Å². The summed E-state index contributed by atoms with van der Waals surface area (Å²) in [5, 5.41) is 8.63. The lowest BCUT2D eigenvalue weighted by atomic mass is 10.2. The smallest absolute Gasteiger partial charge is 0.110 e. The minimum absolute atomic E-state index is 0.225. The van der Waals surface area contributed by atoms with Crippen molar-refractivity contribution in [1.82, 2.24) is 4.98 Å². The van der Waals surface area contributed by atoms with E-state index < -0.39 is 0 Å². The van der Waals surface area contributed by atoms with Crippen molar-refractivity contribution in [2.75, 3.05) is 6.61 Å². The van der Waals surface area contributed by atoms with Gasteiger partial charge in [-0.3, -0.25) is 0 Å². The number of halogens is 2. The molecule has 0 radical (unpaired) electrons. The van der Waals surface area contributed by atoms with Crippen molar-refractivity contribution < 1.29 is 5.11 Å². The molecule has 2 nitrogen and oxygen atoms in total. The first-order valence-electron chi connectivity index (χ1n) is 3.66. The van der Waals surface area contributed by atoms with Crippen molar-refractivity contribution in [3.8, 4) is 0 Å². The Morgan fingerprint density at radius 3 is 2.67 bits per heavy atom. The van der Waals surface area contributed by atoms with Crippen molar-refractivity contribution in [2.45, 2.75) is 12.8 Å². The molecule has 0 aliphatic rings. The molecule has 0 atom stereocenters. The van der Waals surface area contributed by atoms with E-state index in [0.717, 1.165) is 27.6 Å². The van der Waals surface area contributed by atoms with Crippen LogP contribution < -0.4 is 0 Å². The van der Waals surface area contributed by atoms with E-state index in [2.05, 4.69) is 36.8 Å². The van der Waals surface area contributed by atoms with Gasteiger partial charge in [0.1, 0.15) is 9.21 Å². The molecule has 0 bridgehead atoms. The minimum Gasteiger partial charge on any atom is -0.396 e. The second-order valence-corrected chi connectivity index (χ2v) is 3.97. The van der Waals surface area contributed by atoms with Gasteiger partial charge in [-0.15, -0.1) is 0 Å². The zero-order chi connectivity index (χ0) is 8.97. The van der Waals surface area contributed by atoms with Gasteiger partial charge in [0.25, 0.3) is 0 Å². The van der Waals surface area contributed by atoms with Crippen LogP contribution in [-0.4, -0.2) is 16.7 Å². The van der Waals surface area contributed by atoms with Crippen LogP contribution in [0, 0.1) is 0 Å². The summed E-state index contributed by atoms with van der Waals surface area (Å²) in [6.45, 7) is 0.225. The maximum absolute atomic E-state index is 8.63. The van der Waals surface area contributed by atoms with Crippen molar-refractivity contribution in [2.24, 2.45) is 0 Å². The number of aryl methyl sites for hydroxylation is 1. The number of hydrogen-bond donors (Lipinski definition) is 1. The Balaban J connectivity index is 2.72. The predicted molar refractivity (Wildman–Crippen MR) is 55.0 cm³/mol. The summed E-state index contributed by atoms with van der Waals surface area (Å²) in [6, 6.07) is 3.90. The number of hydrogen-bond acceptors (Lipinski definition) is 2. The molecule has 0 saturated carbocycles. The van der Waals surface area contributed by atoms with E-state index in [9.17, 15) is 0 Å². The van der Waals surface area contributed by atoms with Crippen LogP contribution in [0.15, 0.2) is 21.3 Å². The molecule has 0 spiro atoms. The maximum Gasteiger partial charge on any atom is 0.110 e. The summed E-state index contributed by atoms with van der Waals surface area (Å²) in [4.78, 5) is 4.18. The Morgan fingerprint density at radius 2 is 2.08 bits per heavy atom. The maximum atomic E-state index is 8.63. The first kappa shape index (κ1) is 10.2. The zero-order valence-electron chi connectivity index (χ0n) is 6.43. The Labute approximate surface area is 88.3 Å². The number of aliphatic hydroxyl groups excluding tert-OH is 1. The lowest BCUT2D eigenvalue weighted by Gasteiger charge is -2.01. The zero-order valence-corrected chi connectivity index (χ0v) is 9.60. The first-order chi connectivity index (χ1) is 5.74. The predicted octanol–water partition coefficient (Wildman–Crippen LogP) is 2.53. The topological polar surface area (TPSA) is 33.1 Å². The highest BCUT2D eigenvalue weighted by molar-refractivity contribution is 9.11. The number of pyridine rings is 1. The summed E-state index contributed by atoms with van der Waals surface area (Å²) in [5.74, 6) is 0. The van der Waals surface area contributed by atoms with E-state index >= 15 is 0 Å². The fraction of sp³-hybridized carbons (Fsp3) is 0.375. The molecule has 0 saturated heterocycles. The van der Waals surface area contributed by atoms with E-state index in [1.807, 2.05) is 12.1 Å². The fourth-order valence-corrected chi connectivity index (χ4v) is 1.97. The van der Waals surface area contributed by atoms with Gasteiger partial charge in [0.05, 0.1) is 0 Å². The molecular weight excluding hydrogens is 286 g/mol. The van der Waals surface area contributed by atoms with Gasteiger partial charge < -0.3 is 5.11 Å². The fourth-order valence-electron chi connectivity index (χ4n) is 0.897. The molecule has 0 aliphatic carbocycles. The van der Waals surface area contributed by atoms with Crippen molar-refractivity contribution in [3.63, 3.8) is 0 Å². The molecule has 1 aromatic rings. The van der Waals surface area contributed by atoms with E-state index in [1.54, 1.807) is 0 Å². The Bertz CT molecular complexity index is 265. The number of aliphatic hydroxyl groups is 1. The van der Waals surface area contributed by atoms with E-state index in [-0.39, 0.29) is 6.61 Å². The lowest BCUT2D eigenvalue weighted by Crippen LogP contribution is -1.92. The third kappa shape index (κ3) is 2.84. The number of nitrogens with zero attached hydrogens (tertiary/aromatic N) is 1. The molecular formula is C8H9Br2NO. The molecule has 0 amide bonds. The Hall–Kier alpha value is 0.0700. The van der Waals surface area contributed by atoms with Gasteiger partial charge in [0, 0.05) is 6.61 Å². The minimum atomic E-state index is 0.225. The van der Waals surface area contributed by atoms with Gasteiger partial charge in [-0.25, -0.2) is 4.98 Å². The second kappa shape index (κ2) is 4.94. The highest BCUT2D eigenvalue weighted by Crippen LogP contribution is 2.18. The van der Waals surface area contributed by atoms with Crippen LogP contribution in [0.25, 0.3) is 0 Å². The SMILES string of the molecule is OCCCc1ccc(Br)nc1Br. The molecule has 1 aromatic heterocycles. The molecule has 1 rings (SSSR count). The molecule has 0 fully saturated rings. The van der Waals surface area contributed by atoms with Gasteiger partial charge in [0.15, 0.2) is 0 Å².